The first-order chi connectivity index (χ1) is 18.6. The van der Waals surface area contributed by atoms with Crippen molar-refractivity contribution < 1.29 is 24.1 Å². The van der Waals surface area contributed by atoms with Crippen LogP contribution in [0.5, 0.6) is 11.5 Å². The van der Waals surface area contributed by atoms with E-state index in [4.69, 9.17) is 14.2 Å². The summed E-state index contributed by atoms with van der Waals surface area (Å²) in [7, 11) is 1.32. The van der Waals surface area contributed by atoms with Gasteiger partial charge in [-0.15, -0.1) is 0 Å². The first-order valence-electron chi connectivity index (χ1n) is 12.6. The maximum absolute atomic E-state index is 12.6. The summed E-state index contributed by atoms with van der Waals surface area (Å²) in [6.07, 6.45) is -0.445. The number of benzene rings is 4. The third-order valence-electron chi connectivity index (χ3n) is 6.18. The van der Waals surface area contributed by atoms with Crippen molar-refractivity contribution in [2.24, 2.45) is 0 Å². The fraction of sp³-hybridized carbons (Fsp3) is 0.219. The van der Waals surface area contributed by atoms with Crippen LogP contribution < -0.4 is 14.8 Å². The second-order valence-corrected chi connectivity index (χ2v) is 8.89. The molecule has 0 spiro atoms. The lowest BCUT2D eigenvalue weighted by molar-refractivity contribution is -0.146. The third-order valence-corrected chi connectivity index (χ3v) is 6.18. The molecule has 0 aliphatic carbocycles. The number of aliphatic hydroxyl groups excluding tert-OH is 1. The van der Waals surface area contributed by atoms with Gasteiger partial charge >= 0.3 is 5.97 Å². The minimum atomic E-state index is -1.15. The molecule has 4 rings (SSSR count). The lowest BCUT2D eigenvalue weighted by Gasteiger charge is -2.23. The molecule has 4 aromatic rings. The Bertz CT molecular complexity index is 1270. The molecule has 0 heterocycles. The number of hydrogen-bond acceptors (Lipinski definition) is 6. The molecule has 0 aliphatic rings. The highest BCUT2D eigenvalue weighted by Gasteiger charge is 2.29. The van der Waals surface area contributed by atoms with Gasteiger partial charge in [-0.05, 0) is 40.8 Å². The summed E-state index contributed by atoms with van der Waals surface area (Å²) in [6, 6.07) is 33.9. The van der Waals surface area contributed by atoms with Crippen LogP contribution in [0.2, 0.25) is 0 Å². The van der Waals surface area contributed by atoms with Crippen LogP contribution >= 0.6 is 0 Å². The number of hydrogen-bond donors (Lipinski definition) is 2. The molecular weight excluding hydrogens is 478 g/mol. The minimum absolute atomic E-state index is 0.331. The maximum atomic E-state index is 12.6. The van der Waals surface area contributed by atoms with Crippen LogP contribution in [0.15, 0.2) is 109 Å². The number of carbonyl (C=O) groups excluding carboxylic acids is 1. The second-order valence-electron chi connectivity index (χ2n) is 8.89. The van der Waals surface area contributed by atoms with E-state index >= 15 is 0 Å². The number of methoxy groups -OCH3 is 1. The van der Waals surface area contributed by atoms with E-state index in [9.17, 15) is 9.90 Å². The second kappa shape index (κ2) is 14.0. The quantitative estimate of drug-likeness (QED) is 0.239. The number of rotatable bonds is 13. The van der Waals surface area contributed by atoms with E-state index in [0.29, 0.717) is 43.2 Å². The standard InChI is InChI=1S/C32H33NO5/c1-36-32(35)30(33-20-19-24-11-5-2-6-12-24)31(34)27-17-18-28(37-22-25-13-7-3-8-14-25)29(21-27)38-23-26-15-9-4-10-16-26/h2-18,21,30-31,33-34H,19-20,22-23H2,1H3/t30-,31?/m0/s1. The Labute approximate surface area is 223 Å². The Morgan fingerprint density at radius 3 is 1.82 bits per heavy atom. The molecule has 6 heteroatoms. The molecule has 0 aromatic heterocycles. The molecule has 0 fully saturated rings. The number of nitrogens with one attached hydrogen (secondary N) is 1. The molecule has 1 unspecified atom stereocenters. The van der Waals surface area contributed by atoms with Crippen molar-refractivity contribution in [1.29, 1.82) is 0 Å². The SMILES string of the molecule is COC(=O)[C@@H](NCCc1ccccc1)C(O)c1ccc(OCc2ccccc2)c(OCc2ccccc2)c1. The van der Waals surface area contributed by atoms with Crippen LogP contribution in [0, 0.1) is 0 Å². The smallest absolute Gasteiger partial charge is 0.325 e. The van der Waals surface area contributed by atoms with Gasteiger partial charge in [0.1, 0.15) is 25.4 Å². The van der Waals surface area contributed by atoms with Crippen LogP contribution in [0.1, 0.15) is 28.4 Å². The third kappa shape index (κ3) is 7.68. The molecule has 2 N–H and O–H groups in total. The molecule has 0 saturated heterocycles. The highest BCUT2D eigenvalue weighted by atomic mass is 16.5. The van der Waals surface area contributed by atoms with E-state index in [1.54, 1.807) is 18.2 Å². The van der Waals surface area contributed by atoms with Crippen LogP contribution in [0.25, 0.3) is 0 Å². The summed E-state index contributed by atoms with van der Waals surface area (Å²) in [5, 5.41) is 14.4. The largest absolute Gasteiger partial charge is 0.485 e. The zero-order chi connectivity index (χ0) is 26.6. The average molecular weight is 512 g/mol. The van der Waals surface area contributed by atoms with Gasteiger partial charge in [-0.2, -0.15) is 0 Å². The lowest BCUT2D eigenvalue weighted by atomic mass is 10.0. The summed E-state index contributed by atoms with van der Waals surface area (Å²) in [5.41, 5.74) is 3.68. The van der Waals surface area contributed by atoms with Crippen LogP contribution in [-0.2, 0) is 29.2 Å². The zero-order valence-corrected chi connectivity index (χ0v) is 21.5. The fourth-order valence-electron chi connectivity index (χ4n) is 4.07. The number of aliphatic hydroxyl groups is 1. The van der Waals surface area contributed by atoms with Gasteiger partial charge in [-0.3, -0.25) is 4.79 Å². The van der Waals surface area contributed by atoms with Gasteiger partial charge in [-0.1, -0.05) is 97.1 Å². The van der Waals surface area contributed by atoms with Crippen molar-refractivity contribution in [2.75, 3.05) is 13.7 Å². The normalized spacial score (nSPS) is 12.4. The van der Waals surface area contributed by atoms with E-state index in [1.807, 2.05) is 91.0 Å². The van der Waals surface area contributed by atoms with Crippen molar-refractivity contribution in [2.45, 2.75) is 31.8 Å². The number of ether oxygens (including phenoxy) is 3. The highest BCUT2D eigenvalue weighted by Crippen LogP contribution is 2.33. The Morgan fingerprint density at radius 1 is 0.737 bits per heavy atom. The topological polar surface area (TPSA) is 77.0 Å². The molecule has 0 radical (unpaired) electrons. The Balaban J connectivity index is 1.52. The summed E-state index contributed by atoms with van der Waals surface area (Å²) < 4.78 is 17.2. The van der Waals surface area contributed by atoms with Gasteiger partial charge in [0.15, 0.2) is 11.5 Å². The van der Waals surface area contributed by atoms with Gasteiger partial charge in [0.05, 0.1) is 7.11 Å². The predicted molar refractivity (Wildman–Crippen MR) is 147 cm³/mol. The fourth-order valence-corrected chi connectivity index (χ4v) is 4.07. The molecule has 2 atom stereocenters. The number of carbonyl (C=O) groups is 1. The highest BCUT2D eigenvalue weighted by molar-refractivity contribution is 5.76. The summed E-state index contributed by atoms with van der Waals surface area (Å²) >= 11 is 0. The van der Waals surface area contributed by atoms with Crippen LogP contribution in [0.4, 0.5) is 0 Å². The van der Waals surface area contributed by atoms with Gasteiger partial charge in [0, 0.05) is 6.54 Å². The zero-order valence-electron chi connectivity index (χ0n) is 21.5. The molecule has 0 bridgehead atoms. The van der Waals surface area contributed by atoms with Crippen molar-refractivity contribution >= 4 is 5.97 Å². The van der Waals surface area contributed by atoms with E-state index in [-0.39, 0.29) is 0 Å². The summed E-state index contributed by atoms with van der Waals surface area (Å²) in [4.78, 5) is 12.6. The van der Waals surface area contributed by atoms with Crippen molar-refractivity contribution in [3.8, 4) is 11.5 Å². The summed E-state index contributed by atoms with van der Waals surface area (Å²) in [6.45, 7) is 1.20. The van der Waals surface area contributed by atoms with Crippen LogP contribution in [-0.4, -0.2) is 30.8 Å². The molecular formula is C32H33NO5. The molecule has 0 saturated carbocycles. The van der Waals surface area contributed by atoms with Crippen molar-refractivity contribution in [3.63, 3.8) is 0 Å². The monoisotopic (exact) mass is 511 g/mol. The minimum Gasteiger partial charge on any atom is -0.485 e. The first kappa shape index (κ1) is 26.9. The molecule has 0 amide bonds. The van der Waals surface area contributed by atoms with Gasteiger partial charge in [0.2, 0.25) is 0 Å². The summed E-state index contributed by atoms with van der Waals surface area (Å²) in [5.74, 6) is 0.489. The van der Waals surface area contributed by atoms with Crippen molar-refractivity contribution in [3.05, 3.63) is 131 Å². The molecule has 38 heavy (non-hydrogen) atoms. The van der Waals surface area contributed by atoms with E-state index < -0.39 is 18.1 Å². The maximum Gasteiger partial charge on any atom is 0.325 e. The molecule has 4 aromatic carbocycles. The van der Waals surface area contributed by atoms with E-state index in [2.05, 4.69) is 5.32 Å². The molecule has 6 nitrogen and oxygen atoms in total. The van der Waals surface area contributed by atoms with E-state index in [1.165, 1.54) is 7.11 Å². The van der Waals surface area contributed by atoms with Crippen molar-refractivity contribution in [1.82, 2.24) is 5.32 Å². The Hall–Kier alpha value is -4.13. The van der Waals surface area contributed by atoms with Gasteiger partial charge in [0.25, 0.3) is 0 Å². The first-order valence-corrected chi connectivity index (χ1v) is 12.6. The van der Waals surface area contributed by atoms with E-state index in [0.717, 1.165) is 16.7 Å². The van der Waals surface area contributed by atoms with Gasteiger partial charge < -0.3 is 24.6 Å². The number of esters is 1. The molecule has 196 valence electrons. The van der Waals surface area contributed by atoms with Crippen LogP contribution in [0.3, 0.4) is 0 Å². The average Bonchev–Trinajstić information content (AvgIpc) is 2.98. The lowest BCUT2D eigenvalue weighted by Crippen LogP contribution is -2.43. The molecule has 0 aliphatic heterocycles. The Kier molecular flexibility index (Phi) is 9.90. The Morgan fingerprint density at radius 2 is 1.26 bits per heavy atom. The predicted octanol–water partition coefficient (Wildman–Crippen LogP) is 5.25. The van der Waals surface area contributed by atoms with Gasteiger partial charge in [-0.25, -0.2) is 0 Å².